The summed E-state index contributed by atoms with van der Waals surface area (Å²) in [5, 5.41) is 9.47. The van der Waals surface area contributed by atoms with Crippen LogP contribution in [0.4, 0.5) is 0 Å². The highest BCUT2D eigenvalue weighted by Crippen LogP contribution is 2.15. The number of nitrogens with zero attached hydrogens (tertiary/aromatic N) is 4. The van der Waals surface area contributed by atoms with Gasteiger partial charge in [-0.15, -0.1) is 0 Å². The Morgan fingerprint density at radius 1 is 1.05 bits per heavy atom. The average Bonchev–Trinajstić information content (AvgIpc) is 2.49. The summed E-state index contributed by atoms with van der Waals surface area (Å²) in [5.41, 5.74) is 4.02. The lowest BCUT2D eigenvalue weighted by molar-refractivity contribution is 0.0775. The second-order valence-electron chi connectivity index (χ2n) is 6.17. The molecule has 0 amide bonds. The molecule has 0 bridgehead atoms. The van der Waals surface area contributed by atoms with E-state index >= 15 is 0 Å². The first-order chi connectivity index (χ1) is 10.6. The molecule has 5 heteroatoms. The van der Waals surface area contributed by atoms with Crippen molar-refractivity contribution in [2.24, 2.45) is 0 Å². The van der Waals surface area contributed by atoms with Crippen molar-refractivity contribution in [1.82, 2.24) is 19.8 Å². The Bertz CT molecular complexity index is 636. The van der Waals surface area contributed by atoms with E-state index in [1.807, 2.05) is 38.1 Å². The molecule has 5 nitrogen and oxygen atoms in total. The third-order valence-electron chi connectivity index (χ3n) is 4.20. The maximum Gasteiger partial charge on any atom is 0.0890 e. The Morgan fingerprint density at radius 2 is 1.64 bits per heavy atom. The van der Waals surface area contributed by atoms with Crippen LogP contribution >= 0.6 is 0 Å². The third kappa shape index (κ3) is 3.61. The van der Waals surface area contributed by atoms with Crippen molar-refractivity contribution in [2.75, 3.05) is 32.7 Å². The topological polar surface area (TPSA) is 52.5 Å². The van der Waals surface area contributed by atoms with Gasteiger partial charge in [-0.3, -0.25) is 9.80 Å². The second kappa shape index (κ2) is 6.69. The number of fused-ring (bicyclic) bond motifs is 1. The van der Waals surface area contributed by atoms with E-state index in [0.717, 1.165) is 61.7 Å². The van der Waals surface area contributed by atoms with Gasteiger partial charge in [0.1, 0.15) is 0 Å². The highest BCUT2D eigenvalue weighted by Gasteiger charge is 2.19. The van der Waals surface area contributed by atoms with Crippen molar-refractivity contribution in [1.29, 1.82) is 0 Å². The van der Waals surface area contributed by atoms with Crippen molar-refractivity contribution in [3.8, 4) is 0 Å². The van der Waals surface area contributed by atoms with Gasteiger partial charge in [0.15, 0.2) is 0 Å². The summed E-state index contributed by atoms with van der Waals surface area (Å²) in [6.45, 7) is 9.55. The molecule has 1 N–H and O–H groups in total. The van der Waals surface area contributed by atoms with Gasteiger partial charge in [0.2, 0.25) is 0 Å². The van der Waals surface area contributed by atoms with E-state index in [2.05, 4.69) is 14.8 Å². The van der Waals surface area contributed by atoms with Crippen LogP contribution in [-0.4, -0.2) is 63.7 Å². The first kappa shape index (κ1) is 15.3. The van der Waals surface area contributed by atoms with Gasteiger partial charge in [-0.2, -0.15) is 0 Å². The Hall–Kier alpha value is -1.56. The summed E-state index contributed by atoms with van der Waals surface area (Å²) in [6.07, 6.45) is -0.250. The van der Waals surface area contributed by atoms with E-state index < -0.39 is 0 Å². The molecule has 2 heterocycles. The lowest BCUT2D eigenvalue weighted by Gasteiger charge is -2.35. The fourth-order valence-corrected chi connectivity index (χ4v) is 2.99. The number of aliphatic hydroxyl groups is 1. The third-order valence-corrected chi connectivity index (χ3v) is 4.20. The summed E-state index contributed by atoms with van der Waals surface area (Å²) in [6, 6.07) is 8.03. The normalized spacial score (nSPS) is 18.7. The number of para-hydroxylation sites is 2. The van der Waals surface area contributed by atoms with Gasteiger partial charge >= 0.3 is 0 Å². The molecule has 1 atom stereocenters. The van der Waals surface area contributed by atoms with E-state index in [1.54, 1.807) is 0 Å². The molecule has 0 saturated carbocycles. The minimum absolute atomic E-state index is 0.250. The molecule has 1 aliphatic rings. The van der Waals surface area contributed by atoms with E-state index in [0.29, 0.717) is 0 Å². The summed E-state index contributed by atoms with van der Waals surface area (Å²) >= 11 is 0. The van der Waals surface area contributed by atoms with Crippen LogP contribution < -0.4 is 0 Å². The molecule has 1 aromatic heterocycles. The number of aryl methyl sites for hydroxylation is 1. The van der Waals surface area contributed by atoms with Crippen LogP contribution in [0.1, 0.15) is 18.3 Å². The lowest BCUT2D eigenvalue weighted by atomic mass is 10.2. The van der Waals surface area contributed by atoms with Crippen LogP contribution in [-0.2, 0) is 6.54 Å². The Labute approximate surface area is 131 Å². The van der Waals surface area contributed by atoms with Gasteiger partial charge in [-0.05, 0) is 26.0 Å². The van der Waals surface area contributed by atoms with Gasteiger partial charge in [0.05, 0.1) is 28.5 Å². The van der Waals surface area contributed by atoms with Gasteiger partial charge in [0, 0.05) is 39.3 Å². The summed E-state index contributed by atoms with van der Waals surface area (Å²) in [4.78, 5) is 14.2. The lowest BCUT2D eigenvalue weighted by Crippen LogP contribution is -2.47. The number of rotatable bonds is 4. The molecule has 0 radical (unpaired) electrons. The molecule has 0 spiro atoms. The van der Waals surface area contributed by atoms with Crippen LogP contribution in [0, 0.1) is 6.92 Å². The number of benzene rings is 1. The fourth-order valence-electron chi connectivity index (χ4n) is 2.99. The largest absolute Gasteiger partial charge is 0.392 e. The van der Waals surface area contributed by atoms with E-state index in [1.165, 1.54) is 0 Å². The van der Waals surface area contributed by atoms with Crippen molar-refractivity contribution in [3.05, 3.63) is 35.7 Å². The predicted octanol–water partition coefficient (Wildman–Crippen LogP) is 1.44. The molecule has 3 rings (SSSR count). The number of hydrogen-bond acceptors (Lipinski definition) is 5. The zero-order valence-corrected chi connectivity index (χ0v) is 13.4. The molecular weight excluding hydrogens is 276 g/mol. The van der Waals surface area contributed by atoms with Crippen LogP contribution in [0.5, 0.6) is 0 Å². The fraction of sp³-hybridized carbons (Fsp3) is 0.529. The van der Waals surface area contributed by atoms with Crippen LogP contribution in [0.3, 0.4) is 0 Å². The van der Waals surface area contributed by atoms with Crippen molar-refractivity contribution in [3.63, 3.8) is 0 Å². The van der Waals surface area contributed by atoms with Crippen molar-refractivity contribution < 1.29 is 5.11 Å². The van der Waals surface area contributed by atoms with Crippen LogP contribution in [0.2, 0.25) is 0 Å². The van der Waals surface area contributed by atoms with Gasteiger partial charge < -0.3 is 5.11 Å². The summed E-state index contributed by atoms with van der Waals surface area (Å²) in [7, 11) is 0. The molecule has 2 aromatic rings. The van der Waals surface area contributed by atoms with Crippen molar-refractivity contribution >= 4 is 11.0 Å². The molecule has 118 valence electrons. The van der Waals surface area contributed by atoms with E-state index in [9.17, 15) is 5.11 Å². The van der Waals surface area contributed by atoms with E-state index in [4.69, 9.17) is 4.98 Å². The van der Waals surface area contributed by atoms with Gasteiger partial charge in [-0.1, -0.05) is 12.1 Å². The maximum atomic E-state index is 9.47. The zero-order chi connectivity index (χ0) is 15.5. The Morgan fingerprint density at radius 3 is 2.27 bits per heavy atom. The molecule has 0 unspecified atom stereocenters. The molecule has 1 fully saturated rings. The molecular formula is C17H24N4O. The monoisotopic (exact) mass is 300 g/mol. The van der Waals surface area contributed by atoms with Crippen molar-refractivity contribution in [2.45, 2.75) is 26.5 Å². The smallest absolute Gasteiger partial charge is 0.0890 e. The number of aromatic nitrogens is 2. The maximum absolute atomic E-state index is 9.47. The summed E-state index contributed by atoms with van der Waals surface area (Å²) < 4.78 is 0. The van der Waals surface area contributed by atoms with E-state index in [-0.39, 0.29) is 6.10 Å². The number of piperazine rings is 1. The molecule has 0 aliphatic carbocycles. The van der Waals surface area contributed by atoms with Crippen LogP contribution in [0.25, 0.3) is 11.0 Å². The highest BCUT2D eigenvalue weighted by atomic mass is 16.3. The standard InChI is InChI=1S/C17H24N4O/c1-13(22)11-20-7-9-21(10-8-20)12-17-14(2)18-15-5-3-4-6-16(15)19-17/h3-6,13,22H,7-12H2,1-2H3/t13-/m0/s1. The highest BCUT2D eigenvalue weighted by molar-refractivity contribution is 5.74. The molecule has 1 aromatic carbocycles. The number of aliphatic hydroxyl groups excluding tert-OH is 1. The number of β-amino-alcohol motifs (C(OH)–C–C–N with tert-alkyl or cyclic N) is 1. The Balaban J connectivity index is 1.65. The van der Waals surface area contributed by atoms with Gasteiger partial charge in [-0.25, -0.2) is 9.97 Å². The average molecular weight is 300 g/mol. The van der Waals surface area contributed by atoms with Crippen LogP contribution in [0.15, 0.2) is 24.3 Å². The summed E-state index contributed by atoms with van der Waals surface area (Å²) in [5.74, 6) is 0. The first-order valence-corrected chi connectivity index (χ1v) is 7.97. The number of hydrogen-bond donors (Lipinski definition) is 1. The second-order valence-corrected chi connectivity index (χ2v) is 6.17. The first-order valence-electron chi connectivity index (χ1n) is 7.97. The molecule has 1 aliphatic heterocycles. The Kier molecular flexibility index (Phi) is 4.66. The predicted molar refractivity (Wildman–Crippen MR) is 87.7 cm³/mol. The minimum atomic E-state index is -0.250. The zero-order valence-electron chi connectivity index (χ0n) is 13.4. The minimum Gasteiger partial charge on any atom is -0.392 e. The molecule has 22 heavy (non-hydrogen) atoms. The molecule has 1 saturated heterocycles. The van der Waals surface area contributed by atoms with Gasteiger partial charge in [0.25, 0.3) is 0 Å². The quantitative estimate of drug-likeness (QED) is 0.926. The SMILES string of the molecule is Cc1nc2ccccc2nc1CN1CCN(C[C@H](C)O)CC1.